The maximum atomic E-state index is 12.5. The molecule has 0 spiro atoms. The molecule has 0 bridgehead atoms. The van der Waals surface area contributed by atoms with Crippen LogP contribution >= 0.6 is 11.3 Å². The zero-order chi connectivity index (χ0) is 15.1. The van der Waals surface area contributed by atoms with E-state index in [1.165, 1.54) is 11.3 Å². The third kappa shape index (κ3) is 4.15. The van der Waals surface area contributed by atoms with Crippen molar-refractivity contribution in [1.29, 1.82) is 0 Å². The summed E-state index contributed by atoms with van der Waals surface area (Å²) in [7, 11) is 0. The molecule has 0 saturated heterocycles. The molecule has 5 heteroatoms. The molecule has 0 fully saturated rings. The molecule has 0 aliphatic heterocycles. The molecule has 0 aliphatic rings. The lowest BCUT2D eigenvalue weighted by Crippen LogP contribution is -2.29. The monoisotopic (exact) mass is 299 g/mol. The smallest absolute Gasteiger partial charge is 0.255 e. The quantitative estimate of drug-likeness (QED) is 0.880. The van der Waals surface area contributed by atoms with Crippen molar-refractivity contribution in [2.24, 2.45) is 5.73 Å². The highest BCUT2D eigenvalue weighted by Gasteiger charge is 2.15. The third-order valence-electron chi connectivity index (χ3n) is 2.95. The van der Waals surface area contributed by atoms with Crippen molar-refractivity contribution in [3.05, 3.63) is 52.0 Å². The molecule has 21 heavy (non-hydrogen) atoms. The Morgan fingerprint density at radius 1 is 1.43 bits per heavy atom. The van der Waals surface area contributed by atoms with Gasteiger partial charge in [0.2, 0.25) is 0 Å². The number of rotatable bonds is 4. The molecule has 0 unspecified atom stereocenters. The van der Waals surface area contributed by atoms with E-state index in [0.717, 1.165) is 10.4 Å². The number of amides is 1. The third-order valence-corrected chi connectivity index (χ3v) is 3.80. The van der Waals surface area contributed by atoms with Crippen LogP contribution in [0.5, 0.6) is 0 Å². The minimum absolute atomic E-state index is 0.0198. The van der Waals surface area contributed by atoms with Gasteiger partial charge in [0.25, 0.3) is 5.91 Å². The summed E-state index contributed by atoms with van der Waals surface area (Å²) in [5.41, 5.74) is 7.10. The second-order valence-corrected chi connectivity index (χ2v) is 5.29. The molecule has 4 nitrogen and oxygen atoms in total. The summed E-state index contributed by atoms with van der Waals surface area (Å²) >= 11 is 1.47. The van der Waals surface area contributed by atoms with Gasteiger partial charge in [-0.2, -0.15) is 0 Å². The van der Waals surface area contributed by atoms with E-state index in [4.69, 9.17) is 5.73 Å². The number of carbonyl (C=O) groups is 1. The lowest BCUT2D eigenvalue weighted by molar-refractivity contribution is 0.0753. The van der Waals surface area contributed by atoms with Gasteiger partial charge in [-0.1, -0.05) is 11.8 Å². The molecule has 2 heterocycles. The van der Waals surface area contributed by atoms with E-state index in [2.05, 4.69) is 16.8 Å². The van der Waals surface area contributed by atoms with Gasteiger partial charge in [0.05, 0.1) is 17.0 Å². The van der Waals surface area contributed by atoms with Crippen LogP contribution in [0.1, 0.15) is 27.7 Å². The van der Waals surface area contributed by atoms with Crippen LogP contribution in [0.4, 0.5) is 0 Å². The Balaban J connectivity index is 2.11. The Bertz CT molecular complexity index is 655. The van der Waals surface area contributed by atoms with Gasteiger partial charge in [0, 0.05) is 30.9 Å². The number of carbonyl (C=O) groups excluding carboxylic acids is 1. The van der Waals surface area contributed by atoms with E-state index in [1.807, 2.05) is 30.5 Å². The fraction of sp³-hybridized carbons (Fsp3) is 0.250. The van der Waals surface area contributed by atoms with Crippen molar-refractivity contribution in [1.82, 2.24) is 9.88 Å². The summed E-state index contributed by atoms with van der Waals surface area (Å²) in [6, 6.07) is 5.66. The van der Waals surface area contributed by atoms with Gasteiger partial charge in [0.15, 0.2) is 0 Å². The Kier molecular flexibility index (Phi) is 5.50. The Hall–Kier alpha value is -2.16. The zero-order valence-electron chi connectivity index (χ0n) is 11.9. The van der Waals surface area contributed by atoms with Crippen LogP contribution in [0.25, 0.3) is 0 Å². The number of hydrogen-bond donors (Lipinski definition) is 1. The SMILES string of the molecule is CCN(Cc1ccncc1)C(=O)c1csc(C#CCN)c1. The molecule has 0 atom stereocenters. The summed E-state index contributed by atoms with van der Waals surface area (Å²) in [5, 5.41) is 1.85. The molecule has 0 aliphatic carbocycles. The van der Waals surface area contributed by atoms with Crippen LogP contribution in [0, 0.1) is 11.8 Å². The van der Waals surface area contributed by atoms with Gasteiger partial charge in [-0.05, 0) is 30.7 Å². The molecule has 0 radical (unpaired) electrons. The lowest BCUT2D eigenvalue weighted by atomic mass is 10.2. The van der Waals surface area contributed by atoms with Gasteiger partial charge in [-0.15, -0.1) is 11.3 Å². The highest BCUT2D eigenvalue weighted by molar-refractivity contribution is 7.10. The topological polar surface area (TPSA) is 59.2 Å². The second-order valence-electron chi connectivity index (χ2n) is 4.38. The van der Waals surface area contributed by atoms with Crippen molar-refractivity contribution < 1.29 is 4.79 Å². The summed E-state index contributed by atoms with van der Waals surface area (Å²) in [4.78, 5) is 19.2. The van der Waals surface area contributed by atoms with Crippen molar-refractivity contribution >= 4 is 17.2 Å². The summed E-state index contributed by atoms with van der Waals surface area (Å²) in [6.07, 6.45) is 3.47. The first-order valence-electron chi connectivity index (χ1n) is 6.70. The molecule has 2 rings (SSSR count). The average molecular weight is 299 g/mol. The number of aromatic nitrogens is 1. The van der Waals surface area contributed by atoms with E-state index in [-0.39, 0.29) is 5.91 Å². The zero-order valence-corrected chi connectivity index (χ0v) is 12.7. The van der Waals surface area contributed by atoms with Crippen LogP contribution in [-0.2, 0) is 6.54 Å². The Morgan fingerprint density at radius 2 is 2.19 bits per heavy atom. The average Bonchev–Trinajstić information content (AvgIpc) is 3.00. The predicted octanol–water partition coefficient (Wildman–Crippen LogP) is 2.12. The standard InChI is InChI=1S/C16H17N3OS/c1-2-19(11-13-5-8-18-9-6-13)16(20)14-10-15(21-12-14)4-3-7-17/h5-6,8-10,12H,2,7,11,17H2,1H3. The van der Waals surface area contributed by atoms with Gasteiger partial charge >= 0.3 is 0 Å². The largest absolute Gasteiger partial charge is 0.335 e. The van der Waals surface area contributed by atoms with Crippen LogP contribution in [0.3, 0.4) is 0 Å². The van der Waals surface area contributed by atoms with E-state index in [0.29, 0.717) is 25.2 Å². The Morgan fingerprint density at radius 3 is 2.86 bits per heavy atom. The minimum atomic E-state index is 0.0198. The Labute approximate surface area is 128 Å². The molecule has 0 aromatic carbocycles. The molecule has 2 aromatic rings. The summed E-state index contributed by atoms with van der Waals surface area (Å²) < 4.78 is 0. The van der Waals surface area contributed by atoms with Crippen molar-refractivity contribution in [2.45, 2.75) is 13.5 Å². The first-order valence-corrected chi connectivity index (χ1v) is 7.58. The van der Waals surface area contributed by atoms with Crippen LogP contribution in [-0.4, -0.2) is 28.9 Å². The molecule has 1 amide bonds. The predicted molar refractivity (Wildman–Crippen MR) is 84.9 cm³/mol. The van der Waals surface area contributed by atoms with Crippen molar-refractivity contribution in [3.8, 4) is 11.8 Å². The highest BCUT2D eigenvalue weighted by Crippen LogP contribution is 2.16. The van der Waals surface area contributed by atoms with Crippen LogP contribution in [0.2, 0.25) is 0 Å². The van der Waals surface area contributed by atoms with Gasteiger partial charge in [-0.25, -0.2) is 0 Å². The number of thiophene rings is 1. The molecular weight excluding hydrogens is 282 g/mol. The maximum Gasteiger partial charge on any atom is 0.255 e. The summed E-state index contributed by atoms with van der Waals surface area (Å²) in [5.74, 6) is 5.77. The number of pyridine rings is 1. The second kappa shape index (κ2) is 7.58. The molecular formula is C16H17N3OS. The molecule has 108 valence electrons. The van der Waals surface area contributed by atoms with E-state index in [1.54, 1.807) is 17.3 Å². The fourth-order valence-electron chi connectivity index (χ4n) is 1.87. The number of nitrogens with zero attached hydrogens (tertiary/aromatic N) is 2. The highest BCUT2D eigenvalue weighted by atomic mass is 32.1. The molecule has 0 saturated carbocycles. The minimum Gasteiger partial charge on any atom is -0.335 e. The van der Waals surface area contributed by atoms with E-state index in [9.17, 15) is 4.79 Å². The molecule has 2 aromatic heterocycles. The fourth-order valence-corrected chi connectivity index (χ4v) is 2.62. The maximum absolute atomic E-state index is 12.5. The molecule has 2 N–H and O–H groups in total. The summed E-state index contributed by atoms with van der Waals surface area (Å²) in [6.45, 7) is 3.53. The van der Waals surface area contributed by atoms with Gasteiger partial charge in [-0.3, -0.25) is 9.78 Å². The van der Waals surface area contributed by atoms with Crippen molar-refractivity contribution in [2.75, 3.05) is 13.1 Å². The van der Waals surface area contributed by atoms with Crippen molar-refractivity contribution in [3.63, 3.8) is 0 Å². The number of nitrogens with two attached hydrogens (primary N) is 1. The first kappa shape index (κ1) is 15.2. The normalized spacial score (nSPS) is 9.81. The van der Waals surface area contributed by atoms with Gasteiger partial charge < -0.3 is 10.6 Å². The van der Waals surface area contributed by atoms with Crippen LogP contribution < -0.4 is 5.73 Å². The van der Waals surface area contributed by atoms with Crippen LogP contribution in [0.15, 0.2) is 36.0 Å². The van der Waals surface area contributed by atoms with E-state index < -0.39 is 0 Å². The lowest BCUT2D eigenvalue weighted by Gasteiger charge is -2.20. The van der Waals surface area contributed by atoms with E-state index >= 15 is 0 Å². The first-order chi connectivity index (χ1) is 10.2. The van der Waals surface area contributed by atoms with Gasteiger partial charge in [0.1, 0.15) is 0 Å². The number of hydrogen-bond acceptors (Lipinski definition) is 4.